The first-order chi connectivity index (χ1) is 9.08. The summed E-state index contributed by atoms with van der Waals surface area (Å²) in [6, 6.07) is 7.91. The highest BCUT2D eigenvalue weighted by molar-refractivity contribution is 7.98. The van der Waals surface area contributed by atoms with E-state index in [4.69, 9.17) is 5.73 Å². The number of carbonyl (C=O) groups excluding carboxylic acids is 1. The Labute approximate surface area is 120 Å². The van der Waals surface area contributed by atoms with E-state index >= 15 is 0 Å². The average Bonchev–Trinajstić information content (AvgIpc) is 2.42. The summed E-state index contributed by atoms with van der Waals surface area (Å²) in [6.07, 6.45) is 3.60. The van der Waals surface area contributed by atoms with E-state index in [9.17, 15) is 4.79 Å². The van der Waals surface area contributed by atoms with Gasteiger partial charge in [-0.25, -0.2) is 0 Å². The monoisotopic (exact) mass is 280 g/mol. The minimum Gasteiger partial charge on any atom is -0.348 e. The second-order valence-electron chi connectivity index (χ2n) is 4.77. The number of rotatable bonds is 7. The molecular weight excluding hydrogens is 256 g/mol. The SMILES string of the molecule is CCC(NC(=O)[C@@H](N)CCSC)c1ccc(C)cc1. The van der Waals surface area contributed by atoms with Crippen LogP contribution in [0.3, 0.4) is 0 Å². The molecule has 0 heterocycles. The molecule has 0 saturated carbocycles. The molecule has 0 aliphatic carbocycles. The summed E-state index contributed by atoms with van der Waals surface area (Å²) in [4.78, 5) is 12.0. The highest BCUT2D eigenvalue weighted by atomic mass is 32.2. The predicted molar refractivity (Wildman–Crippen MR) is 83.3 cm³/mol. The maximum absolute atomic E-state index is 12.0. The Morgan fingerprint density at radius 3 is 2.53 bits per heavy atom. The lowest BCUT2D eigenvalue weighted by atomic mass is 10.0. The fourth-order valence-corrected chi connectivity index (χ4v) is 2.36. The van der Waals surface area contributed by atoms with E-state index in [1.165, 1.54) is 5.56 Å². The minimum atomic E-state index is -0.410. The molecule has 0 bridgehead atoms. The Morgan fingerprint density at radius 2 is 2.00 bits per heavy atom. The van der Waals surface area contributed by atoms with Gasteiger partial charge in [-0.1, -0.05) is 36.8 Å². The number of hydrogen-bond acceptors (Lipinski definition) is 3. The number of benzene rings is 1. The van der Waals surface area contributed by atoms with Crippen LogP contribution in [-0.2, 0) is 4.79 Å². The van der Waals surface area contributed by atoms with Crippen molar-refractivity contribution in [2.45, 2.75) is 38.8 Å². The van der Waals surface area contributed by atoms with Crippen molar-refractivity contribution < 1.29 is 4.79 Å². The van der Waals surface area contributed by atoms with Crippen molar-refractivity contribution in [3.05, 3.63) is 35.4 Å². The lowest BCUT2D eigenvalue weighted by Gasteiger charge is -2.20. The number of nitrogens with one attached hydrogen (secondary N) is 1. The molecule has 0 aliphatic rings. The van der Waals surface area contributed by atoms with Gasteiger partial charge in [0.2, 0.25) is 5.91 Å². The topological polar surface area (TPSA) is 55.1 Å². The van der Waals surface area contributed by atoms with Gasteiger partial charge in [0.25, 0.3) is 0 Å². The van der Waals surface area contributed by atoms with E-state index in [2.05, 4.69) is 43.4 Å². The molecule has 106 valence electrons. The molecule has 1 rings (SSSR count). The largest absolute Gasteiger partial charge is 0.348 e. The van der Waals surface area contributed by atoms with Gasteiger partial charge in [0.15, 0.2) is 0 Å². The summed E-state index contributed by atoms with van der Waals surface area (Å²) in [5, 5.41) is 3.04. The molecule has 0 fully saturated rings. The number of nitrogens with two attached hydrogens (primary N) is 1. The predicted octanol–water partition coefficient (Wildman–Crippen LogP) is 2.64. The van der Waals surface area contributed by atoms with Crippen molar-refractivity contribution >= 4 is 17.7 Å². The standard InChI is InChI=1S/C15H24N2OS/c1-4-14(12-7-5-11(2)6-8-12)17-15(18)13(16)9-10-19-3/h5-8,13-14H,4,9-10,16H2,1-3H3,(H,17,18)/t13-,14?/m0/s1. The molecule has 3 nitrogen and oxygen atoms in total. The van der Waals surface area contributed by atoms with Crippen molar-refractivity contribution in [3.63, 3.8) is 0 Å². The van der Waals surface area contributed by atoms with Crippen molar-refractivity contribution in [3.8, 4) is 0 Å². The minimum absolute atomic E-state index is 0.0495. The zero-order chi connectivity index (χ0) is 14.3. The molecule has 19 heavy (non-hydrogen) atoms. The molecule has 0 aromatic heterocycles. The van der Waals surface area contributed by atoms with Crippen molar-refractivity contribution in [2.75, 3.05) is 12.0 Å². The maximum atomic E-state index is 12.0. The Balaban J connectivity index is 2.61. The van der Waals surface area contributed by atoms with Gasteiger partial charge in [0.1, 0.15) is 0 Å². The first kappa shape index (κ1) is 16.1. The van der Waals surface area contributed by atoms with Crippen LogP contribution in [0.15, 0.2) is 24.3 Å². The third kappa shape index (κ3) is 5.25. The van der Waals surface area contributed by atoms with Gasteiger partial charge in [0, 0.05) is 0 Å². The van der Waals surface area contributed by atoms with Crippen LogP contribution in [0.5, 0.6) is 0 Å². The van der Waals surface area contributed by atoms with Gasteiger partial charge in [0.05, 0.1) is 12.1 Å². The molecule has 1 aromatic carbocycles. The average molecular weight is 280 g/mol. The van der Waals surface area contributed by atoms with Gasteiger partial charge in [-0.3, -0.25) is 4.79 Å². The summed E-state index contributed by atoms with van der Waals surface area (Å²) >= 11 is 1.71. The Kier molecular flexibility index (Phi) is 6.95. The van der Waals surface area contributed by atoms with Crippen LogP contribution in [-0.4, -0.2) is 24.0 Å². The van der Waals surface area contributed by atoms with Gasteiger partial charge in [-0.15, -0.1) is 0 Å². The molecule has 0 saturated heterocycles. The van der Waals surface area contributed by atoms with E-state index in [-0.39, 0.29) is 11.9 Å². The molecule has 0 radical (unpaired) electrons. The van der Waals surface area contributed by atoms with Gasteiger partial charge >= 0.3 is 0 Å². The first-order valence-corrected chi connectivity index (χ1v) is 8.09. The Hall–Kier alpha value is -1.00. The molecule has 3 N–H and O–H groups in total. The number of amides is 1. The molecular formula is C15H24N2OS. The fraction of sp³-hybridized carbons (Fsp3) is 0.533. The molecule has 1 amide bonds. The van der Waals surface area contributed by atoms with Crippen LogP contribution in [0, 0.1) is 6.92 Å². The van der Waals surface area contributed by atoms with Gasteiger partial charge < -0.3 is 11.1 Å². The molecule has 1 aromatic rings. The van der Waals surface area contributed by atoms with Crippen molar-refractivity contribution in [1.82, 2.24) is 5.32 Å². The number of thioether (sulfide) groups is 1. The second-order valence-corrected chi connectivity index (χ2v) is 5.75. The number of aryl methyl sites for hydroxylation is 1. The third-order valence-corrected chi connectivity index (χ3v) is 3.82. The van der Waals surface area contributed by atoms with Crippen molar-refractivity contribution in [2.24, 2.45) is 5.73 Å². The second kappa shape index (κ2) is 8.23. The normalized spacial score (nSPS) is 13.9. The summed E-state index contributed by atoms with van der Waals surface area (Å²) in [5.41, 5.74) is 8.24. The Morgan fingerprint density at radius 1 is 1.37 bits per heavy atom. The van der Waals surface area contributed by atoms with Crippen LogP contribution in [0.4, 0.5) is 0 Å². The van der Waals surface area contributed by atoms with E-state index < -0.39 is 6.04 Å². The highest BCUT2D eigenvalue weighted by Crippen LogP contribution is 2.17. The van der Waals surface area contributed by atoms with Gasteiger partial charge in [-0.2, -0.15) is 11.8 Å². The van der Waals surface area contributed by atoms with E-state index in [0.29, 0.717) is 0 Å². The number of hydrogen-bond donors (Lipinski definition) is 2. The molecule has 2 atom stereocenters. The van der Waals surface area contributed by atoms with Crippen LogP contribution >= 0.6 is 11.8 Å². The van der Waals surface area contributed by atoms with E-state index in [1.54, 1.807) is 11.8 Å². The highest BCUT2D eigenvalue weighted by Gasteiger charge is 2.17. The first-order valence-electron chi connectivity index (χ1n) is 6.70. The smallest absolute Gasteiger partial charge is 0.237 e. The Bertz CT molecular complexity index is 392. The summed E-state index contributed by atoms with van der Waals surface area (Å²) in [7, 11) is 0. The van der Waals surface area contributed by atoms with Gasteiger partial charge in [-0.05, 0) is 37.3 Å². The lowest BCUT2D eigenvalue weighted by molar-refractivity contribution is -0.123. The molecule has 0 aliphatic heterocycles. The number of carbonyl (C=O) groups is 1. The summed E-state index contributed by atoms with van der Waals surface area (Å²) in [6.45, 7) is 4.12. The van der Waals surface area contributed by atoms with E-state index in [0.717, 1.165) is 24.2 Å². The zero-order valence-corrected chi connectivity index (χ0v) is 12.8. The molecule has 1 unspecified atom stereocenters. The fourth-order valence-electron chi connectivity index (χ4n) is 1.87. The summed E-state index contributed by atoms with van der Waals surface area (Å²) in [5.74, 6) is 0.858. The van der Waals surface area contributed by atoms with Crippen LogP contribution in [0.1, 0.15) is 36.9 Å². The van der Waals surface area contributed by atoms with Crippen molar-refractivity contribution in [1.29, 1.82) is 0 Å². The molecule has 4 heteroatoms. The maximum Gasteiger partial charge on any atom is 0.237 e. The van der Waals surface area contributed by atoms with Crippen LogP contribution in [0.2, 0.25) is 0 Å². The van der Waals surface area contributed by atoms with E-state index in [1.807, 2.05) is 6.26 Å². The quantitative estimate of drug-likeness (QED) is 0.807. The van der Waals surface area contributed by atoms with Crippen LogP contribution in [0.25, 0.3) is 0 Å². The summed E-state index contributed by atoms with van der Waals surface area (Å²) < 4.78 is 0. The van der Waals surface area contributed by atoms with Crippen LogP contribution < -0.4 is 11.1 Å². The molecule has 0 spiro atoms. The zero-order valence-electron chi connectivity index (χ0n) is 12.0. The third-order valence-electron chi connectivity index (χ3n) is 3.17. The lowest BCUT2D eigenvalue weighted by Crippen LogP contribution is -2.42.